The molecule has 0 saturated heterocycles. The first-order valence-electron chi connectivity index (χ1n) is 9.26. The van der Waals surface area contributed by atoms with Crippen molar-refractivity contribution in [3.63, 3.8) is 0 Å². The Morgan fingerprint density at radius 1 is 1.07 bits per heavy atom. The number of benzene rings is 3. The van der Waals surface area contributed by atoms with E-state index in [0.717, 1.165) is 31.9 Å². The number of phenolic OH excluding ortho intramolecular Hbond substituents is 1. The lowest BCUT2D eigenvalue weighted by Gasteiger charge is -2.04. The number of carbonyl (C=O) groups is 1. The summed E-state index contributed by atoms with van der Waals surface area (Å²) in [5.41, 5.74) is 3.69. The molecule has 0 amide bonds. The predicted octanol–water partition coefficient (Wildman–Crippen LogP) is 6.15. The number of halogens is 1. The zero-order valence-corrected chi connectivity index (χ0v) is 17.2. The highest BCUT2D eigenvalue weighted by atomic mass is 32.1. The topological polar surface area (TPSA) is 59.4 Å². The number of aromatic hydroxyl groups is 1. The second-order valence-electron chi connectivity index (χ2n) is 6.89. The standard InChI is InChI=1S/C24H18FNO3S/c1-14-11-16(12-15(2)23(14)27)7-10-22-26-19-9-8-17(13-21(19)30-22)24(28)29-20-6-4-3-5-18(20)25/h3-13,27H,1-2H3. The average Bonchev–Trinajstić information content (AvgIpc) is 3.14. The molecule has 0 fully saturated rings. The van der Waals surface area contributed by atoms with Gasteiger partial charge in [-0.15, -0.1) is 11.3 Å². The van der Waals surface area contributed by atoms with Crippen molar-refractivity contribution in [2.75, 3.05) is 0 Å². The molecule has 0 bridgehead atoms. The van der Waals surface area contributed by atoms with Crippen LogP contribution in [0.2, 0.25) is 0 Å². The number of thiazole rings is 1. The van der Waals surface area contributed by atoms with Crippen LogP contribution in [0.15, 0.2) is 54.6 Å². The maximum atomic E-state index is 13.7. The largest absolute Gasteiger partial charge is 0.507 e. The van der Waals surface area contributed by atoms with E-state index in [2.05, 4.69) is 4.98 Å². The number of hydrogen-bond acceptors (Lipinski definition) is 5. The molecule has 4 nitrogen and oxygen atoms in total. The first kappa shape index (κ1) is 19.8. The Bertz CT molecular complexity index is 1270. The summed E-state index contributed by atoms with van der Waals surface area (Å²) in [4.78, 5) is 16.9. The van der Waals surface area contributed by atoms with Crippen LogP contribution >= 0.6 is 11.3 Å². The zero-order chi connectivity index (χ0) is 21.3. The molecule has 150 valence electrons. The van der Waals surface area contributed by atoms with Crippen LogP contribution in [-0.4, -0.2) is 16.1 Å². The summed E-state index contributed by atoms with van der Waals surface area (Å²) < 4.78 is 19.7. The van der Waals surface area contributed by atoms with Crippen LogP contribution in [0, 0.1) is 19.7 Å². The third-order valence-corrected chi connectivity index (χ3v) is 5.60. The van der Waals surface area contributed by atoms with Crippen molar-refractivity contribution in [1.29, 1.82) is 0 Å². The van der Waals surface area contributed by atoms with Crippen molar-refractivity contribution in [1.82, 2.24) is 4.98 Å². The van der Waals surface area contributed by atoms with E-state index in [9.17, 15) is 14.3 Å². The number of esters is 1. The van der Waals surface area contributed by atoms with Crippen LogP contribution in [0.25, 0.3) is 22.4 Å². The number of fused-ring (bicyclic) bond motifs is 1. The fraction of sp³-hybridized carbons (Fsp3) is 0.0833. The van der Waals surface area contributed by atoms with Gasteiger partial charge < -0.3 is 9.84 Å². The number of rotatable bonds is 4. The monoisotopic (exact) mass is 419 g/mol. The summed E-state index contributed by atoms with van der Waals surface area (Å²) in [7, 11) is 0. The lowest BCUT2D eigenvalue weighted by Crippen LogP contribution is -2.09. The molecule has 0 aliphatic heterocycles. The molecule has 4 aromatic rings. The predicted molar refractivity (Wildman–Crippen MR) is 117 cm³/mol. The fourth-order valence-corrected chi connectivity index (χ4v) is 3.99. The van der Waals surface area contributed by atoms with E-state index in [-0.39, 0.29) is 5.75 Å². The lowest BCUT2D eigenvalue weighted by molar-refractivity contribution is 0.0728. The van der Waals surface area contributed by atoms with E-state index in [1.807, 2.05) is 38.1 Å². The van der Waals surface area contributed by atoms with Gasteiger partial charge in [0.1, 0.15) is 10.8 Å². The van der Waals surface area contributed by atoms with Gasteiger partial charge in [0, 0.05) is 0 Å². The summed E-state index contributed by atoms with van der Waals surface area (Å²) in [5.74, 6) is -1.00. The Morgan fingerprint density at radius 2 is 1.80 bits per heavy atom. The molecule has 0 saturated carbocycles. The summed E-state index contributed by atoms with van der Waals surface area (Å²) in [5, 5.41) is 10.7. The number of hydrogen-bond donors (Lipinski definition) is 1. The molecular weight excluding hydrogens is 401 g/mol. The van der Waals surface area contributed by atoms with E-state index in [0.29, 0.717) is 11.3 Å². The van der Waals surface area contributed by atoms with Crippen molar-refractivity contribution < 1.29 is 19.0 Å². The molecule has 3 aromatic carbocycles. The van der Waals surface area contributed by atoms with Crippen LogP contribution < -0.4 is 4.74 Å². The van der Waals surface area contributed by atoms with Gasteiger partial charge in [0.2, 0.25) is 0 Å². The number of carbonyl (C=O) groups excluding carboxylic acids is 1. The minimum Gasteiger partial charge on any atom is -0.507 e. The highest BCUT2D eigenvalue weighted by Gasteiger charge is 2.13. The molecule has 30 heavy (non-hydrogen) atoms. The van der Waals surface area contributed by atoms with E-state index >= 15 is 0 Å². The van der Waals surface area contributed by atoms with E-state index < -0.39 is 11.8 Å². The molecule has 0 unspecified atom stereocenters. The summed E-state index contributed by atoms with van der Waals surface area (Å²) >= 11 is 1.44. The summed E-state index contributed by atoms with van der Waals surface area (Å²) in [6.45, 7) is 3.72. The lowest BCUT2D eigenvalue weighted by atomic mass is 10.1. The Hall–Kier alpha value is -3.51. The van der Waals surface area contributed by atoms with Gasteiger partial charge >= 0.3 is 5.97 Å². The van der Waals surface area contributed by atoms with Crippen molar-refractivity contribution in [2.45, 2.75) is 13.8 Å². The van der Waals surface area contributed by atoms with Gasteiger partial charge in [-0.2, -0.15) is 0 Å². The molecule has 0 radical (unpaired) electrons. The average molecular weight is 419 g/mol. The van der Waals surface area contributed by atoms with Crippen LogP contribution in [0.3, 0.4) is 0 Å². The van der Waals surface area contributed by atoms with Gasteiger partial charge in [0.25, 0.3) is 0 Å². The van der Waals surface area contributed by atoms with Crippen molar-refractivity contribution in [3.05, 3.63) is 87.7 Å². The first-order chi connectivity index (χ1) is 14.4. The quantitative estimate of drug-likeness (QED) is 0.318. The minimum atomic E-state index is -0.623. The van der Waals surface area contributed by atoms with Crippen LogP contribution in [0.1, 0.15) is 32.1 Å². The highest BCUT2D eigenvalue weighted by molar-refractivity contribution is 7.19. The van der Waals surface area contributed by atoms with Gasteiger partial charge in [0.15, 0.2) is 11.6 Å². The maximum Gasteiger partial charge on any atom is 0.343 e. The number of aryl methyl sites for hydroxylation is 2. The third-order valence-electron chi connectivity index (χ3n) is 4.61. The highest BCUT2D eigenvalue weighted by Crippen LogP contribution is 2.27. The second-order valence-corrected chi connectivity index (χ2v) is 7.95. The van der Waals surface area contributed by atoms with Gasteiger partial charge in [-0.25, -0.2) is 14.2 Å². The number of phenols is 1. The molecule has 1 heterocycles. The van der Waals surface area contributed by atoms with E-state index in [1.165, 1.54) is 29.5 Å². The maximum absolute atomic E-state index is 13.7. The molecule has 0 spiro atoms. The van der Waals surface area contributed by atoms with Crippen LogP contribution in [-0.2, 0) is 0 Å². The van der Waals surface area contributed by atoms with Gasteiger partial charge in [-0.1, -0.05) is 18.2 Å². The van der Waals surface area contributed by atoms with Gasteiger partial charge in [-0.05, 0) is 79.1 Å². The second kappa shape index (κ2) is 8.08. The molecule has 0 aliphatic carbocycles. The summed E-state index contributed by atoms with van der Waals surface area (Å²) in [6.07, 6.45) is 3.83. The van der Waals surface area contributed by atoms with Crippen molar-refractivity contribution in [3.8, 4) is 11.5 Å². The third kappa shape index (κ3) is 4.09. The molecule has 1 aromatic heterocycles. The van der Waals surface area contributed by atoms with Gasteiger partial charge in [0.05, 0.1) is 15.8 Å². The SMILES string of the molecule is Cc1cc(C=Cc2nc3ccc(C(=O)Oc4ccccc4F)cc3s2)cc(C)c1O. The summed E-state index contributed by atoms with van der Waals surface area (Å²) in [6, 6.07) is 14.7. The normalized spacial score (nSPS) is 11.3. The number of ether oxygens (including phenoxy) is 1. The Morgan fingerprint density at radius 3 is 2.53 bits per heavy atom. The Kier molecular flexibility index (Phi) is 5.33. The Labute approximate surface area is 176 Å². The van der Waals surface area contributed by atoms with Gasteiger partial charge in [-0.3, -0.25) is 0 Å². The number of nitrogens with zero attached hydrogens (tertiary/aromatic N) is 1. The first-order valence-corrected chi connectivity index (χ1v) is 10.1. The smallest absolute Gasteiger partial charge is 0.343 e. The molecule has 6 heteroatoms. The molecular formula is C24H18FNO3S. The zero-order valence-electron chi connectivity index (χ0n) is 16.3. The number of aromatic nitrogens is 1. The minimum absolute atomic E-state index is 0.102. The molecule has 0 aliphatic rings. The molecule has 1 N–H and O–H groups in total. The van der Waals surface area contributed by atoms with E-state index in [1.54, 1.807) is 24.3 Å². The number of para-hydroxylation sites is 1. The van der Waals surface area contributed by atoms with Crippen molar-refractivity contribution >= 4 is 39.7 Å². The van der Waals surface area contributed by atoms with Crippen LogP contribution in [0.4, 0.5) is 4.39 Å². The van der Waals surface area contributed by atoms with Crippen LogP contribution in [0.5, 0.6) is 11.5 Å². The molecule has 0 atom stereocenters. The van der Waals surface area contributed by atoms with Crippen molar-refractivity contribution in [2.24, 2.45) is 0 Å². The van der Waals surface area contributed by atoms with E-state index in [4.69, 9.17) is 4.74 Å². The fourth-order valence-electron chi connectivity index (χ4n) is 3.08. The Balaban J connectivity index is 1.56. The molecule has 4 rings (SSSR count).